The average molecular weight is 279 g/mol. The molecule has 1 N–H and O–H groups in total. The molecule has 0 heterocycles. The van der Waals surface area contributed by atoms with E-state index in [0.29, 0.717) is 13.0 Å². The maximum absolute atomic E-state index is 8.69. The molecule has 0 unspecified atom stereocenters. The molecule has 0 spiro atoms. The molecule has 5 nitrogen and oxygen atoms in total. The molecule has 1 rings (SSSR count). The highest BCUT2D eigenvalue weighted by Crippen LogP contribution is 2.10. The lowest BCUT2D eigenvalue weighted by molar-refractivity contribution is -0.0684. The Hall–Kier alpha value is -1.69. The van der Waals surface area contributed by atoms with Gasteiger partial charge in [-0.15, -0.1) is 6.58 Å². The van der Waals surface area contributed by atoms with E-state index in [2.05, 4.69) is 11.7 Å². The number of rotatable bonds is 10. The third kappa shape index (κ3) is 6.47. The van der Waals surface area contributed by atoms with Gasteiger partial charge in [-0.05, 0) is 5.56 Å². The van der Waals surface area contributed by atoms with Gasteiger partial charge in [0.15, 0.2) is 0 Å². The second-order valence-electron chi connectivity index (χ2n) is 4.18. The summed E-state index contributed by atoms with van der Waals surface area (Å²) in [5.41, 5.74) is 1.05. The smallest absolute Gasteiger partial charge is 0.147 e. The average Bonchev–Trinajstić information content (AvgIpc) is 2.50. The predicted octanol–water partition coefficient (Wildman–Crippen LogP) is 2.60. The predicted molar refractivity (Wildman–Crippen MR) is 76.9 cm³/mol. The SMILES string of the molecule is C=C[C@H](C[C@H](C=NO)OCc1ccccc1)OCOC. The van der Waals surface area contributed by atoms with E-state index in [-0.39, 0.29) is 19.0 Å². The summed E-state index contributed by atoms with van der Waals surface area (Å²) in [4.78, 5) is 0. The summed E-state index contributed by atoms with van der Waals surface area (Å²) in [7, 11) is 1.55. The first-order valence-corrected chi connectivity index (χ1v) is 6.36. The highest BCUT2D eigenvalue weighted by Gasteiger charge is 2.14. The van der Waals surface area contributed by atoms with Gasteiger partial charge in [-0.3, -0.25) is 0 Å². The maximum atomic E-state index is 8.69. The van der Waals surface area contributed by atoms with E-state index in [4.69, 9.17) is 19.4 Å². The first-order chi connectivity index (χ1) is 9.80. The van der Waals surface area contributed by atoms with Crippen LogP contribution in [0.3, 0.4) is 0 Å². The van der Waals surface area contributed by atoms with Crippen LogP contribution in [-0.4, -0.2) is 37.5 Å². The van der Waals surface area contributed by atoms with Crippen molar-refractivity contribution in [3.63, 3.8) is 0 Å². The molecule has 0 saturated carbocycles. The molecule has 1 aromatic rings. The van der Waals surface area contributed by atoms with Crippen molar-refractivity contribution in [3.8, 4) is 0 Å². The standard InChI is InChI=1S/C15H21NO4/c1-3-14(20-12-18-2)9-15(10-16-17)19-11-13-7-5-4-6-8-13/h3-8,10,14-15,17H,1,9,11-12H2,2H3/t14-,15-/m1/s1. The lowest BCUT2D eigenvalue weighted by atomic mass is 10.1. The molecule has 0 saturated heterocycles. The van der Waals surface area contributed by atoms with Gasteiger partial charge in [0.05, 0.1) is 25.0 Å². The van der Waals surface area contributed by atoms with Gasteiger partial charge in [0.1, 0.15) is 6.79 Å². The Morgan fingerprint density at radius 2 is 2.00 bits per heavy atom. The molecule has 110 valence electrons. The largest absolute Gasteiger partial charge is 0.411 e. The van der Waals surface area contributed by atoms with E-state index < -0.39 is 0 Å². The minimum absolute atomic E-state index is 0.179. The zero-order valence-electron chi connectivity index (χ0n) is 11.6. The fourth-order valence-electron chi connectivity index (χ4n) is 1.64. The minimum atomic E-state index is -0.361. The van der Waals surface area contributed by atoms with E-state index in [1.807, 2.05) is 30.3 Å². The van der Waals surface area contributed by atoms with Gasteiger partial charge in [-0.2, -0.15) is 0 Å². The number of nitrogens with zero attached hydrogens (tertiary/aromatic N) is 1. The summed E-state index contributed by atoms with van der Waals surface area (Å²) < 4.78 is 16.0. The van der Waals surface area contributed by atoms with Crippen molar-refractivity contribution < 1.29 is 19.4 Å². The third-order valence-corrected chi connectivity index (χ3v) is 2.67. The molecule has 0 aromatic heterocycles. The number of oxime groups is 1. The van der Waals surface area contributed by atoms with Crippen molar-refractivity contribution in [2.24, 2.45) is 5.16 Å². The van der Waals surface area contributed by atoms with Crippen molar-refractivity contribution in [1.82, 2.24) is 0 Å². The summed E-state index contributed by atoms with van der Waals surface area (Å²) in [6, 6.07) is 9.78. The Balaban J connectivity index is 2.48. The molecule has 0 radical (unpaired) electrons. The van der Waals surface area contributed by atoms with Gasteiger partial charge in [-0.25, -0.2) is 0 Å². The van der Waals surface area contributed by atoms with E-state index in [1.54, 1.807) is 13.2 Å². The summed E-state index contributed by atoms with van der Waals surface area (Å²) in [5, 5.41) is 11.7. The van der Waals surface area contributed by atoms with Gasteiger partial charge in [0, 0.05) is 13.5 Å². The molecule has 0 bridgehead atoms. The van der Waals surface area contributed by atoms with Crippen LogP contribution in [-0.2, 0) is 20.8 Å². The number of hydrogen-bond donors (Lipinski definition) is 1. The molecule has 20 heavy (non-hydrogen) atoms. The molecule has 5 heteroatoms. The number of benzene rings is 1. The van der Waals surface area contributed by atoms with Crippen LogP contribution in [0.5, 0.6) is 0 Å². The van der Waals surface area contributed by atoms with Crippen LogP contribution in [0, 0.1) is 0 Å². The summed E-state index contributed by atoms with van der Waals surface area (Å²) in [6.45, 7) is 4.32. The Kier molecular flexibility index (Phi) is 8.30. The van der Waals surface area contributed by atoms with Gasteiger partial charge in [-0.1, -0.05) is 41.6 Å². The summed E-state index contributed by atoms with van der Waals surface area (Å²) in [6.07, 6.45) is 2.93. The minimum Gasteiger partial charge on any atom is -0.411 e. The zero-order valence-corrected chi connectivity index (χ0v) is 11.6. The molecule has 2 atom stereocenters. The monoisotopic (exact) mass is 279 g/mol. The highest BCUT2D eigenvalue weighted by molar-refractivity contribution is 5.62. The Morgan fingerprint density at radius 1 is 1.25 bits per heavy atom. The van der Waals surface area contributed by atoms with Crippen molar-refractivity contribution >= 4 is 6.21 Å². The quantitative estimate of drug-likeness (QED) is 0.235. The second-order valence-corrected chi connectivity index (χ2v) is 4.18. The molecular weight excluding hydrogens is 258 g/mol. The Morgan fingerprint density at radius 3 is 2.60 bits per heavy atom. The van der Waals surface area contributed by atoms with Crippen molar-refractivity contribution in [3.05, 3.63) is 48.6 Å². The Bertz CT molecular complexity index is 394. The second kappa shape index (κ2) is 10.1. The molecule has 0 aliphatic carbocycles. The van der Waals surface area contributed by atoms with Gasteiger partial charge >= 0.3 is 0 Å². The van der Waals surface area contributed by atoms with E-state index in [9.17, 15) is 0 Å². The number of ether oxygens (including phenoxy) is 3. The fourth-order valence-corrected chi connectivity index (χ4v) is 1.64. The van der Waals surface area contributed by atoms with Crippen LogP contribution < -0.4 is 0 Å². The van der Waals surface area contributed by atoms with Gasteiger partial charge < -0.3 is 19.4 Å². The normalized spacial score (nSPS) is 14.2. The molecule has 0 aliphatic heterocycles. The van der Waals surface area contributed by atoms with Crippen LogP contribution >= 0.6 is 0 Å². The van der Waals surface area contributed by atoms with Crippen molar-refractivity contribution in [2.75, 3.05) is 13.9 Å². The number of methoxy groups -OCH3 is 1. The van der Waals surface area contributed by atoms with Crippen LogP contribution in [0.2, 0.25) is 0 Å². The fraction of sp³-hybridized carbons (Fsp3) is 0.400. The summed E-state index contributed by atoms with van der Waals surface area (Å²) in [5.74, 6) is 0. The zero-order chi connectivity index (χ0) is 14.6. The summed E-state index contributed by atoms with van der Waals surface area (Å²) >= 11 is 0. The molecule has 0 aliphatic rings. The van der Waals surface area contributed by atoms with Crippen molar-refractivity contribution in [1.29, 1.82) is 0 Å². The lowest BCUT2D eigenvalue weighted by Gasteiger charge is -2.18. The van der Waals surface area contributed by atoms with Gasteiger partial charge in [0.25, 0.3) is 0 Å². The topological polar surface area (TPSA) is 60.3 Å². The van der Waals surface area contributed by atoms with E-state index in [1.165, 1.54) is 6.21 Å². The van der Waals surface area contributed by atoms with E-state index in [0.717, 1.165) is 5.56 Å². The lowest BCUT2D eigenvalue weighted by Crippen LogP contribution is -2.23. The number of hydrogen-bond acceptors (Lipinski definition) is 5. The van der Waals surface area contributed by atoms with Gasteiger partial charge in [0.2, 0.25) is 0 Å². The maximum Gasteiger partial charge on any atom is 0.147 e. The molecule has 0 fully saturated rings. The van der Waals surface area contributed by atoms with Crippen LogP contribution in [0.15, 0.2) is 48.1 Å². The molecule has 0 amide bonds. The first-order valence-electron chi connectivity index (χ1n) is 6.36. The Labute approximate surface area is 119 Å². The van der Waals surface area contributed by atoms with Crippen LogP contribution in [0.25, 0.3) is 0 Å². The van der Waals surface area contributed by atoms with Crippen LogP contribution in [0.1, 0.15) is 12.0 Å². The molecular formula is C15H21NO4. The van der Waals surface area contributed by atoms with Crippen molar-refractivity contribution in [2.45, 2.75) is 25.2 Å². The van der Waals surface area contributed by atoms with E-state index >= 15 is 0 Å². The highest BCUT2D eigenvalue weighted by atomic mass is 16.7. The first kappa shape index (κ1) is 16.4. The third-order valence-electron chi connectivity index (χ3n) is 2.67. The van der Waals surface area contributed by atoms with Crippen LogP contribution in [0.4, 0.5) is 0 Å². The molecule has 1 aromatic carbocycles.